The topological polar surface area (TPSA) is 93.5 Å². The van der Waals surface area contributed by atoms with Crippen LogP contribution in [0.4, 0.5) is 22.0 Å². The van der Waals surface area contributed by atoms with Crippen LogP contribution < -0.4 is 4.72 Å². The molecule has 0 aromatic heterocycles. The summed E-state index contributed by atoms with van der Waals surface area (Å²) in [5.41, 5.74) is -6.85. The number of nitrogens with one attached hydrogen (secondary N) is 2. The Morgan fingerprint density at radius 1 is 1.31 bits per heavy atom. The highest BCUT2D eigenvalue weighted by Crippen LogP contribution is 2.37. The van der Waals surface area contributed by atoms with Gasteiger partial charge in [-0.05, 0) is 67.9 Å². The molecule has 0 spiro atoms. The third-order valence-electron chi connectivity index (χ3n) is 6.58. The first-order valence-electron chi connectivity index (χ1n) is 12.2. The zero-order valence-corrected chi connectivity index (χ0v) is 20.0. The van der Waals surface area contributed by atoms with Gasteiger partial charge >= 0.3 is 5.51 Å². The average Bonchev–Trinajstić information content (AvgIpc) is 2.99. The number of likely N-dealkylation sites (tertiary alicyclic amines) is 1. The van der Waals surface area contributed by atoms with Crippen LogP contribution in [0.3, 0.4) is 0 Å². The zero-order valence-electron chi connectivity index (χ0n) is 21.2. The summed E-state index contributed by atoms with van der Waals surface area (Å²) in [4.78, 5) is 13.8. The van der Waals surface area contributed by atoms with Crippen LogP contribution in [0.15, 0.2) is 36.4 Å². The molecule has 1 aliphatic carbocycles. The molecular formula is C24H26F5N3O3S. The van der Waals surface area contributed by atoms with Crippen molar-refractivity contribution in [2.75, 3.05) is 6.50 Å². The minimum atomic E-state index is -5.49. The number of halogens is 5. The molecular weight excluding hydrogens is 505 g/mol. The molecule has 196 valence electrons. The summed E-state index contributed by atoms with van der Waals surface area (Å²) in [6.07, 6.45) is -0.798. The number of carbonyl (C=O) groups is 1. The van der Waals surface area contributed by atoms with E-state index >= 15 is 4.39 Å². The lowest BCUT2D eigenvalue weighted by atomic mass is 9.79. The van der Waals surface area contributed by atoms with Gasteiger partial charge in [0.05, 0.1) is 6.04 Å². The number of rotatable bonds is 6. The standard InChI is InChI=1S/C24H26F5N3O3S/c1-14-10-16(12-17(25)11-14)18-5-2-4-15(21(18)26)13-20-19(31-36(30,35)24(27,28)29)6-9-32(20)22(33)23(34)7-3-8-23/h2,4-5,10-12,19-20,34H,3,6-9,13H2,1H3,(H2,30,31,35)/t19-,20-,36?/m0/s1/i9D2. The molecule has 1 saturated heterocycles. The van der Waals surface area contributed by atoms with E-state index in [-0.39, 0.29) is 29.5 Å². The highest BCUT2D eigenvalue weighted by Gasteiger charge is 2.51. The van der Waals surface area contributed by atoms with Crippen LogP contribution >= 0.6 is 0 Å². The summed E-state index contributed by atoms with van der Waals surface area (Å²) in [6.45, 7) is -0.988. The van der Waals surface area contributed by atoms with Crippen molar-refractivity contribution in [2.24, 2.45) is 0 Å². The third-order valence-corrected chi connectivity index (χ3v) is 7.87. The number of aryl methyl sites for hydroxylation is 1. The Kier molecular flexibility index (Phi) is 6.21. The highest BCUT2D eigenvalue weighted by atomic mass is 32.2. The number of benzene rings is 2. The minimum absolute atomic E-state index is 0.0176. The molecule has 1 heterocycles. The second-order valence-electron chi connectivity index (χ2n) is 9.22. The van der Waals surface area contributed by atoms with Gasteiger partial charge in [-0.1, -0.05) is 24.3 Å². The molecule has 2 aliphatic rings. The minimum Gasteiger partial charge on any atom is -0.380 e. The maximum atomic E-state index is 15.7. The lowest BCUT2D eigenvalue weighted by Crippen LogP contribution is -2.57. The smallest absolute Gasteiger partial charge is 0.380 e. The highest BCUT2D eigenvalue weighted by molar-refractivity contribution is 7.91. The number of alkyl halides is 3. The zero-order chi connectivity index (χ0) is 28.3. The first kappa shape index (κ1) is 23.8. The molecule has 2 aromatic carbocycles. The van der Waals surface area contributed by atoms with Crippen LogP contribution in [0.2, 0.25) is 0 Å². The van der Waals surface area contributed by atoms with Gasteiger partial charge in [0, 0.05) is 20.8 Å². The average molecular weight is 534 g/mol. The third kappa shape index (κ3) is 4.98. The van der Waals surface area contributed by atoms with E-state index in [1.165, 1.54) is 30.3 Å². The van der Waals surface area contributed by atoms with Gasteiger partial charge in [-0.25, -0.2) is 22.5 Å². The molecule has 1 amide bonds. The van der Waals surface area contributed by atoms with E-state index in [1.54, 1.807) is 11.6 Å². The molecule has 1 aliphatic heterocycles. The lowest BCUT2D eigenvalue weighted by Gasteiger charge is -2.40. The molecule has 4 rings (SSSR count). The van der Waals surface area contributed by atoms with Crippen LogP contribution in [0.1, 0.15) is 39.6 Å². The van der Waals surface area contributed by atoms with Crippen molar-refractivity contribution in [1.82, 2.24) is 9.62 Å². The Bertz CT molecular complexity index is 1350. The quantitative estimate of drug-likeness (QED) is 0.480. The van der Waals surface area contributed by atoms with Crippen molar-refractivity contribution >= 4 is 15.8 Å². The predicted octanol–water partition coefficient (Wildman–Crippen LogP) is 4.44. The second-order valence-corrected chi connectivity index (χ2v) is 11.0. The summed E-state index contributed by atoms with van der Waals surface area (Å²) in [5.74, 6) is -2.54. The van der Waals surface area contributed by atoms with E-state index in [0.717, 1.165) is 6.07 Å². The maximum absolute atomic E-state index is 15.7. The van der Waals surface area contributed by atoms with Gasteiger partial charge in [0.15, 0.2) is 0 Å². The van der Waals surface area contributed by atoms with E-state index in [4.69, 9.17) is 7.52 Å². The van der Waals surface area contributed by atoms with E-state index in [9.17, 15) is 31.7 Å². The van der Waals surface area contributed by atoms with Gasteiger partial charge in [-0.2, -0.15) is 13.2 Å². The van der Waals surface area contributed by atoms with Crippen molar-refractivity contribution in [3.63, 3.8) is 0 Å². The fourth-order valence-corrected chi connectivity index (χ4v) is 5.31. The Hall–Kier alpha value is -2.57. The largest absolute Gasteiger partial charge is 0.492 e. The first-order valence-corrected chi connectivity index (χ1v) is 12.7. The predicted molar refractivity (Wildman–Crippen MR) is 123 cm³/mol. The van der Waals surface area contributed by atoms with Crippen LogP contribution in [0.5, 0.6) is 0 Å². The van der Waals surface area contributed by atoms with Crippen LogP contribution in [0.25, 0.3) is 11.1 Å². The number of nitrogens with zero attached hydrogens (tertiary/aromatic N) is 1. The van der Waals surface area contributed by atoms with Gasteiger partial charge < -0.3 is 10.0 Å². The number of carbonyl (C=O) groups excluding carboxylic acids is 1. The summed E-state index contributed by atoms with van der Waals surface area (Å²) in [7, 11) is -5.46. The molecule has 2 aromatic rings. The summed E-state index contributed by atoms with van der Waals surface area (Å²) in [6, 6.07) is 4.78. The van der Waals surface area contributed by atoms with E-state index < -0.39 is 70.0 Å². The summed E-state index contributed by atoms with van der Waals surface area (Å²) < 4.78 is 107. The molecule has 2 fully saturated rings. The normalized spacial score (nSPS) is 25.5. The Morgan fingerprint density at radius 2 is 2.00 bits per heavy atom. The Labute approximate surface area is 208 Å². The Balaban J connectivity index is 1.77. The van der Waals surface area contributed by atoms with E-state index in [2.05, 4.69) is 0 Å². The molecule has 3 N–H and O–H groups in total. The molecule has 1 unspecified atom stereocenters. The monoisotopic (exact) mass is 533 g/mol. The molecule has 0 radical (unpaired) electrons. The Morgan fingerprint density at radius 3 is 2.58 bits per heavy atom. The lowest BCUT2D eigenvalue weighted by molar-refractivity contribution is -0.161. The van der Waals surface area contributed by atoms with Gasteiger partial charge in [0.1, 0.15) is 17.2 Å². The van der Waals surface area contributed by atoms with Crippen LogP contribution in [-0.4, -0.2) is 49.8 Å². The van der Waals surface area contributed by atoms with Gasteiger partial charge in [-0.15, -0.1) is 0 Å². The molecule has 6 nitrogen and oxygen atoms in total. The molecule has 3 atom stereocenters. The summed E-state index contributed by atoms with van der Waals surface area (Å²) in [5, 5.41) is 10.6. The number of aliphatic hydroxyl groups is 1. The van der Waals surface area contributed by atoms with Gasteiger partial charge in [-0.3, -0.25) is 4.79 Å². The van der Waals surface area contributed by atoms with Gasteiger partial charge in [0.2, 0.25) is 9.92 Å². The van der Waals surface area contributed by atoms with Crippen molar-refractivity contribution in [3.05, 3.63) is 59.2 Å². The molecule has 0 bridgehead atoms. The van der Waals surface area contributed by atoms with E-state index in [0.29, 0.717) is 16.9 Å². The molecule has 12 heteroatoms. The van der Waals surface area contributed by atoms with Gasteiger partial charge in [0.25, 0.3) is 5.91 Å². The van der Waals surface area contributed by atoms with E-state index in [1.807, 2.05) is 0 Å². The molecule has 1 saturated carbocycles. The van der Waals surface area contributed by atoms with Crippen molar-refractivity contribution in [3.8, 4) is 11.1 Å². The number of amides is 1. The fourth-order valence-electron chi connectivity index (χ4n) is 4.51. The van der Waals surface area contributed by atoms with Crippen molar-refractivity contribution < 1.29 is 38.8 Å². The molecule has 36 heavy (non-hydrogen) atoms. The second kappa shape index (κ2) is 9.38. The van der Waals surface area contributed by atoms with Crippen LogP contribution in [-0.2, 0) is 21.1 Å². The number of hydrogen-bond acceptors (Lipinski definition) is 4. The maximum Gasteiger partial charge on any atom is 0.492 e. The SMILES string of the molecule is [2H]C1([2H])C[C@H](NS(=N)(=O)C(F)(F)F)[C@H](Cc2cccc(-c3cc(C)cc(F)c3)c2F)N1C(=O)C1(O)CCC1. The summed E-state index contributed by atoms with van der Waals surface area (Å²) >= 11 is 0. The van der Waals surface area contributed by atoms with Crippen LogP contribution in [0, 0.1) is 23.3 Å². The fraction of sp³-hybridized carbons (Fsp3) is 0.458. The first-order chi connectivity index (χ1) is 17.4. The number of hydrogen-bond donors (Lipinski definition) is 3. The van der Waals surface area contributed by atoms with Crippen molar-refractivity contribution in [1.29, 1.82) is 4.78 Å². The van der Waals surface area contributed by atoms with Crippen molar-refractivity contribution in [2.45, 2.75) is 62.2 Å².